The minimum atomic E-state index is -0.811. The lowest BCUT2D eigenvalue weighted by molar-refractivity contribution is -0.141. The van der Waals surface area contributed by atoms with Crippen LogP contribution in [0.25, 0.3) is 0 Å². The van der Waals surface area contributed by atoms with Crippen LogP contribution in [-0.2, 0) is 4.79 Å². The van der Waals surface area contributed by atoms with Crippen LogP contribution in [0.2, 0.25) is 0 Å². The zero-order valence-electron chi connectivity index (χ0n) is 7.86. The van der Waals surface area contributed by atoms with Gasteiger partial charge in [0.05, 0.1) is 5.92 Å². The van der Waals surface area contributed by atoms with Crippen LogP contribution in [0.1, 0.15) is 6.42 Å². The Morgan fingerprint density at radius 2 is 2.08 bits per heavy atom. The molecule has 0 spiro atoms. The second kappa shape index (κ2) is 3.64. The van der Waals surface area contributed by atoms with E-state index in [1.165, 1.54) is 4.90 Å². The number of carboxylic acid groups (broad SMARTS) is 1. The summed E-state index contributed by atoms with van der Waals surface area (Å²) in [7, 11) is 3.33. The van der Waals surface area contributed by atoms with Gasteiger partial charge in [-0.3, -0.25) is 4.79 Å². The van der Waals surface area contributed by atoms with Crippen LogP contribution in [0, 0.1) is 5.92 Å². The Labute approximate surface area is 76.9 Å². The van der Waals surface area contributed by atoms with Gasteiger partial charge >= 0.3 is 12.0 Å². The fourth-order valence-corrected chi connectivity index (χ4v) is 1.42. The van der Waals surface area contributed by atoms with Crippen molar-refractivity contribution in [2.24, 2.45) is 5.92 Å². The normalized spacial score (nSPS) is 21.7. The number of hydrogen-bond donors (Lipinski definition) is 1. The first-order valence-electron chi connectivity index (χ1n) is 4.21. The molecule has 5 heteroatoms. The molecule has 1 fully saturated rings. The number of likely N-dealkylation sites (tertiary alicyclic amines) is 1. The van der Waals surface area contributed by atoms with E-state index in [-0.39, 0.29) is 11.9 Å². The minimum absolute atomic E-state index is 0.108. The molecule has 5 nitrogen and oxygen atoms in total. The maximum absolute atomic E-state index is 11.4. The van der Waals surface area contributed by atoms with Crippen LogP contribution in [0.4, 0.5) is 4.79 Å². The summed E-state index contributed by atoms with van der Waals surface area (Å²) >= 11 is 0. The van der Waals surface area contributed by atoms with E-state index in [1.807, 2.05) is 0 Å². The van der Waals surface area contributed by atoms with Gasteiger partial charge in [0.15, 0.2) is 0 Å². The number of aliphatic carboxylic acids is 1. The molecule has 0 aliphatic carbocycles. The number of urea groups is 1. The van der Waals surface area contributed by atoms with Crippen molar-refractivity contribution in [1.82, 2.24) is 9.80 Å². The van der Waals surface area contributed by atoms with E-state index in [0.29, 0.717) is 19.5 Å². The van der Waals surface area contributed by atoms with Crippen molar-refractivity contribution in [2.75, 3.05) is 27.2 Å². The van der Waals surface area contributed by atoms with Gasteiger partial charge < -0.3 is 14.9 Å². The van der Waals surface area contributed by atoms with Crippen molar-refractivity contribution >= 4 is 12.0 Å². The van der Waals surface area contributed by atoms with Crippen LogP contribution in [0.5, 0.6) is 0 Å². The molecule has 0 aromatic rings. The molecule has 0 bridgehead atoms. The molecule has 1 unspecified atom stereocenters. The van der Waals surface area contributed by atoms with Crippen molar-refractivity contribution in [2.45, 2.75) is 6.42 Å². The SMILES string of the molecule is CN(C)C(=O)N1CCC(C(=O)O)C1. The number of carbonyl (C=O) groups is 2. The Balaban J connectivity index is 2.50. The molecule has 1 N–H and O–H groups in total. The van der Waals surface area contributed by atoms with Crippen molar-refractivity contribution < 1.29 is 14.7 Å². The van der Waals surface area contributed by atoms with E-state index in [0.717, 1.165) is 0 Å². The predicted molar refractivity (Wildman–Crippen MR) is 46.4 cm³/mol. The first-order chi connectivity index (χ1) is 6.02. The molecule has 1 atom stereocenters. The molecule has 1 saturated heterocycles. The molecule has 1 aliphatic rings. The summed E-state index contributed by atoms with van der Waals surface area (Å²) in [5.41, 5.74) is 0. The van der Waals surface area contributed by atoms with Gasteiger partial charge in [-0.2, -0.15) is 0 Å². The Hall–Kier alpha value is -1.26. The Morgan fingerprint density at radius 1 is 1.46 bits per heavy atom. The quantitative estimate of drug-likeness (QED) is 0.630. The molecular formula is C8H14N2O3. The van der Waals surface area contributed by atoms with E-state index >= 15 is 0 Å². The first-order valence-corrected chi connectivity index (χ1v) is 4.21. The average Bonchev–Trinajstić information content (AvgIpc) is 2.50. The van der Waals surface area contributed by atoms with Crippen molar-refractivity contribution in [1.29, 1.82) is 0 Å². The number of amides is 2. The second-order valence-corrected chi connectivity index (χ2v) is 3.45. The van der Waals surface area contributed by atoms with Gasteiger partial charge in [0.1, 0.15) is 0 Å². The number of hydrogen-bond acceptors (Lipinski definition) is 2. The standard InChI is InChI=1S/C8H14N2O3/c1-9(2)8(13)10-4-3-6(5-10)7(11)12/h6H,3-5H2,1-2H3,(H,11,12). The Bertz CT molecular complexity index is 227. The highest BCUT2D eigenvalue weighted by Gasteiger charge is 2.31. The van der Waals surface area contributed by atoms with E-state index in [1.54, 1.807) is 19.0 Å². The van der Waals surface area contributed by atoms with E-state index in [4.69, 9.17) is 5.11 Å². The third kappa shape index (κ3) is 2.11. The largest absolute Gasteiger partial charge is 0.481 e. The van der Waals surface area contributed by atoms with Gasteiger partial charge in [0.2, 0.25) is 0 Å². The topological polar surface area (TPSA) is 60.9 Å². The Morgan fingerprint density at radius 3 is 2.46 bits per heavy atom. The molecule has 1 rings (SSSR count). The van der Waals surface area contributed by atoms with Gasteiger partial charge in [0, 0.05) is 27.2 Å². The van der Waals surface area contributed by atoms with Gasteiger partial charge in [0.25, 0.3) is 0 Å². The fourth-order valence-electron chi connectivity index (χ4n) is 1.42. The summed E-state index contributed by atoms with van der Waals surface area (Å²) in [6.07, 6.45) is 0.564. The van der Waals surface area contributed by atoms with Crippen LogP contribution < -0.4 is 0 Å². The number of carboxylic acids is 1. The van der Waals surface area contributed by atoms with Crippen molar-refractivity contribution in [3.63, 3.8) is 0 Å². The lowest BCUT2D eigenvalue weighted by Crippen LogP contribution is -2.38. The third-order valence-electron chi connectivity index (χ3n) is 2.19. The molecule has 0 aromatic carbocycles. The molecule has 1 aliphatic heterocycles. The smallest absolute Gasteiger partial charge is 0.319 e. The maximum atomic E-state index is 11.4. The predicted octanol–water partition coefficient (Wildman–Crippen LogP) is 0.0745. The number of nitrogens with zero attached hydrogens (tertiary/aromatic N) is 2. The first kappa shape index (κ1) is 9.83. The second-order valence-electron chi connectivity index (χ2n) is 3.45. The monoisotopic (exact) mass is 186 g/mol. The third-order valence-corrected chi connectivity index (χ3v) is 2.19. The summed E-state index contributed by atoms with van der Waals surface area (Å²) in [6, 6.07) is -0.108. The molecule has 74 valence electrons. The molecule has 0 radical (unpaired) electrons. The van der Waals surface area contributed by atoms with Crippen LogP contribution in [-0.4, -0.2) is 54.1 Å². The van der Waals surface area contributed by atoms with Crippen molar-refractivity contribution in [3.8, 4) is 0 Å². The van der Waals surface area contributed by atoms with Crippen LogP contribution in [0.15, 0.2) is 0 Å². The number of rotatable bonds is 1. The van der Waals surface area contributed by atoms with Gasteiger partial charge in [-0.25, -0.2) is 4.79 Å². The average molecular weight is 186 g/mol. The minimum Gasteiger partial charge on any atom is -0.481 e. The van der Waals surface area contributed by atoms with Crippen LogP contribution >= 0.6 is 0 Å². The van der Waals surface area contributed by atoms with Gasteiger partial charge in [-0.1, -0.05) is 0 Å². The summed E-state index contributed by atoms with van der Waals surface area (Å²) in [6.45, 7) is 0.889. The van der Waals surface area contributed by atoms with Crippen LogP contribution in [0.3, 0.4) is 0 Å². The van der Waals surface area contributed by atoms with Gasteiger partial charge in [-0.15, -0.1) is 0 Å². The van der Waals surface area contributed by atoms with E-state index < -0.39 is 5.97 Å². The zero-order valence-corrected chi connectivity index (χ0v) is 7.86. The lowest BCUT2D eigenvalue weighted by atomic mass is 10.1. The molecular weight excluding hydrogens is 172 g/mol. The van der Waals surface area contributed by atoms with Gasteiger partial charge in [-0.05, 0) is 6.42 Å². The summed E-state index contributed by atoms with van der Waals surface area (Å²) in [5.74, 6) is -1.20. The summed E-state index contributed by atoms with van der Waals surface area (Å²) in [5, 5.41) is 8.70. The lowest BCUT2D eigenvalue weighted by Gasteiger charge is -2.20. The fraction of sp³-hybridized carbons (Fsp3) is 0.750. The highest BCUT2D eigenvalue weighted by molar-refractivity contribution is 5.77. The Kier molecular flexibility index (Phi) is 2.75. The summed E-state index contributed by atoms with van der Waals surface area (Å²) < 4.78 is 0. The molecule has 0 aromatic heterocycles. The molecule has 13 heavy (non-hydrogen) atoms. The number of carbonyl (C=O) groups excluding carboxylic acids is 1. The molecule has 0 saturated carbocycles. The zero-order chi connectivity index (χ0) is 10.0. The molecule has 1 heterocycles. The molecule has 2 amide bonds. The van der Waals surface area contributed by atoms with Crippen molar-refractivity contribution in [3.05, 3.63) is 0 Å². The maximum Gasteiger partial charge on any atom is 0.319 e. The highest BCUT2D eigenvalue weighted by Crippen LogP contribution is 2.16. The van der Waals surface area contributed by atoms with E-state index in [2.05, 4.69) is 0 Å². The summed E-state index contributed by atoms with van der Waals surface area (Å²) in [4.78, 5) is 25.0. The van der Waals surface area contributed by atoms with E-state index in [9.17, 15) is 9.59 Å². The highest BCUT2D eigenvalue weighted by atomic mass is 16.4.